The van der Waals surface area contributed by atoms with Gasteiger partial charge in [0, 0.05) is 18.3 Å². The largest absolute Gasteiger partial charge is 0.464 e. The van der Waals surface area contributed by atoms with Gasteiger partial charge in [-0.3, -0.25) is 0 Å². The van der Waals surface area contributed by atoms with Crippen LogP contribution >= 0.6 is 0 Å². The zero-order valence-electron chi connectivity index (χ0n) is 11.1. The molecule has 1 unspecified atom stereocenters. The van der Waals surface area contributed by atoms with E-state index in [-0.39, 0.29) is 12.0 Å². The van der Waals surface area contributed by atoms with Gasteiger partial charge >= 0.3 is 5.97 Å². The van der Waals surface area contributed by atoms with Crippen molar-refractivity contribution in [2.45, 2.75) is 19.5 Å². The highest BCUT2D eigenvalue weighted by Gasteiger charge is 2.09. The first-order chi connectivity index (χ1) is 9.20. The second-order valence-electron chi connectivity index (χ2n) is 4.40. The molecule has 1 heterocycles. The number of carbonyl (C=O) groups excluding carboxylic acids is 1. The van der Waals surface area contributed by atoms with Gasteiger partial charge in [-0.05, 0) is 24.6 Å². The molecule has 0 radical (unpaired) electrons. The van der Waals surface area contributed by atoms with Gasteiger partial charge in [0.2, 0.25) is 0 Å². The topological polar surface area (TPSA) is 54.1 Å². The number of H-pyrrole nitrogens is 1. The molecule has 0 aliphatic rings. The third kappa shape index (κ3) is 3.45. The fourth-order valence-electron chi connectivity index (χ4n) is 1.89. The molecule has 0 spiro atoms. The standard InChI is InChI=1S/C15H18N2O2/c1-11(12-6-4-3-5-7-12)16-10-13-8-9-14(17-13)15(18)19-2/h3-9,11,16-17H,10H2,1-2H3. The van der Waals surface area contributed by atoms with Gasteiger partial charge in [-0.2, -0.15) is 0 Å². The smallest absolute Gasteiger partial charge is 0.354 e. The molecule has 0 aliphatic carbocycles. The fraction of sp³-hybridized carbons (Fsp3) is 0.267. The Morgan fingerprint density at radius 1 is 1.26 bits per heavy atom. The lowest BCUT2D eigenvalue weighted by Gasteiger charge is -2.13. The van der Waals surface area contributed by atoms with Crippen LogP contribution in [0.4, 0.5) is 0 Å². The predicted octanol–water partition coefficient (Wildman–Crippen LogP) is 2.65. The van der Waals surface area contributed by atoms with Crippen LogP contribution in [0.2, 0.25) is 0 Å². The van der Waals surface area contributed by atoms with E-state index in [4.69, 9.17) is 0 Å². The maximum absolute atomic E-state index is 11.3. The molecule has 0 fully saturated rings. The summed E-state index contributed by atoms with van der Waals surface area (Å²) in [7, 11) is 1.37. The first kappa shape index (κ1) is 13.4. The van der Waals surface area contributed by atoms with Gasteiger partial charge in [0.15, 0.2) is 0 Å². The van der Waals surface area contributed by atoms with Crippen LogP contribution < -0.4 is 5.32 Å². The summed E-state index contributed by atoms with van der Waals surface area (Å²) >= 11 is 0. The van der Waals surface area contributed by atoms with E-state index in [1.54, 1.807) is 6.07 Å². The van der Waals surface area contributed by atoms with Crippen molar-refractivity contribution < 1.29 is 9.53 Å². The van der Waals surface area contributed by atoms with Crippen LogP contribution in [0.15, 0.2) is 42.5 Å². The summed E-state index contributed by atoms with van der Waals surface area (Å²) in [6.45, 7) is 2.78. The highest BCUT2D eigenvalue weighted by molar-refractivity contribution is 5.87. The van der Waals surface area contributed by atoms with Crippen molar-refractivity contribution >= 4 is 5.97 Å². The van der Waals surface area contributed by atoms with E-state index < -0.39 is 0 Å². The van der Waals surface area contributed by atoms with Crippen molar-refractivity contribution in [1.82, 2.24) is 10.3 Å². The number of ether oxygens (including phenoxy) is 1. The van der Waals surface area contributed by atoms with Gasteiger partial charge < -0.3 is 15.0 Å². The Kier molecular flexibility index (Phi) is 4.36. The minimum atomic E-state index is -0.345. The molecule has 19 heavy (non-hydrogen) atoms. The van der Waals surface area contributed by atoms with Crippen LogP contribution in [0.1, 0.15) is 34.7 Å². The monoisotopic (exact) mass is 258 g/mol. The van der Waals surface area contributed by atoms with Crippen LogP contribution in [-0.4, -0.2) is 18.1 Å². The molecule has 0 aliphatic heterocycles. The SMILES string of the molecule is COC(=O)c1ccc(CNC(C)c2ccccc2)[nH]1. The Labute approximate surface area is 112 Å². The summed E-state index contributed by atoms with van der Waals surface area (Å²) in [6, 6.07) is 14.1. The van der Waals surface area contributed by atoms with Crippen molar-refractivity contribution in [1.29, 1.82) is 0 Å². The number of benzene rings is 1. The first-order valence-corrected chi connectivity index (χ1v) is 6.25. The highest BCUT2D eigenvalue weighted by Crippen LogP contribution is 2.12. The van der Waals surface area contributed by atoms with Crippen LogP contribution in [0.3, 0.4) is 0 Å². The Bertz CT molecular complexity index is 534. The highest BCUT2D eigenvalue weighted by atomic mass is 16.5. The Morgan fingerprint density at radius 3 is 2.68 bits per heavy atom. The molecule has 2 N–H and O–H groups in total. The number of hydrogen-bond acceptors (Lipinski definition) is 3. The molecule has 4 nitrogen and oxygen atoms in total. The molecular formula is C15H18N2O2. The molecule has 0 amide bonds. The third-order valence-corrected chi connectivity index (χ3v) is 3.05. The normalized spacial score (nSPS) is 12.1. The quantitative estimate of drug-likeness (QED) is 0.811. The minimum absolute atomic E-state index is 0.256. The molecule has 0 saturated heterocycles. The van der Waals surface area contributed by atoms with Crippen LogP contribution in [0.5, 0.6) is 0 Å². The first-order valence-electron chi connectivity index (χ1n) is 6.25. The average molecular weight is 258 g/mol. The van der Waals surface area contributed by atoms with Crippen LogP contribution in [0.25, 0.3) is 0 Å². The summed E-state index contributed by atoms with van der Waals surface area (Å²) in [4.78, 5) is 14.3. The van der Waals surface area contributed by atoms with Gasteiger partial charge in [0.1, 0.15) is 5.69 Å². The number of rotatable bonds is 5. The van der Waals surface area contributed by atoms with E-state index in [1.165, 1.54) is 12.7 Å². The number of aromatic amines is 1. The maximum Gasteiger partial charge on any atom is 0.354 e. The molecule has 4 heteroatoms. The van der Waals surface area contributed by atoms with Gasteiger partial charge in [-0.25, -0.2) is 4.79 Å². The number of hydrogen-bond donors (Lipinski definition) is 2. The zero-order valence-corrected chi connectivity index (χ0v) is 11.1. The molecule has 0 saturated carbocycles. The number of methoxy groups -OCH3 is 1. The average Bonchev–Trinajstić information content (AvgIpc) is 2.93. The molecule has 100 valence electrons. The molecule has 1 atom stereocenters. The number of carbonyl (C=O) groups is 1. The summed E-state index contributed by atoms with van der Waals surface area (Å²) < 4.78 is 4.65. The van der Waals surface area contributed by atoms with Crippen molar-refractivity contribution in [3.8, 4) is 0 Å². The maximum atomic E-state index is 11.3. The minimum Gasteiger partial charge on any atom is -0.464 e. The van der Waals surface area contributed by atoms with E-state index in [9.17, 15) is 4.79 Å². The van der Waals surface area contributed by atoms with E-state index in [2.05, 4.69) is 34.1 Å². The van der Waals surface area contributed by atoms with Gasteiger partial charge in [-0.15, -0.1) is 0 Å². The number of nitrogens with one attached hydrogen (secondary N) is 2. The number of aromatic nitrogens is 1. The Balaban J connectivity index is 1.92. The lowest BCUT2D eigenvalue weighted by molar-refractivity contribution is 0.0594. The van der Waals surface area contributed by atoms with Crippen LogP contribution in [-0.2, 0) is 11.3 Å². The molecular weight excluding hydrogens is 240 g/mol. The van der Waals surface area contributed by atoms with Crippen LogP contribution in [0, 0.1) is 0 Å². The second-order valence-corrected chi connectivity index (χ2v) is 4.40. The molecule has 2 aromatic rings. The van der Waals surface area contributed by atoms with Crippen molar-refractivity contribution in [3.05, 3.63) is 59.4 Å². The zero-order chi connectivity index (χ0) is 13.7. The van der Waals surface area contributed by atoms with Gasteiger partial charge in [0.05, 0.1) is 7.11 Å². The van der Waals surface area contributed by atoms with Gasteiger partial charge in [-0.1, -0.05) is 30.3 Å². The lowest BCUT2D eigenvalue weighted by atomic mass is 10.1. The lowest BCUT2D eigenvalue weighted by Crippen LogP contribution is -2.18. The van der Waals surface area contributed by atoms with Crippen molar-refractivity contribution in [3.63, 3.8) is 0 Å². The molecule has 1 aromatic heterocycles. The molecule has 2 rings (SSSR count). The second kappa shape index (κ2) is 6.20. The van der Waals surface area contributed by atoms with Gasteiger partial charge in [0.25, 0.3) is 0 Å². The van der Waals surface area contributed by atoms with E-state index in [0.717, 1.165) is 5.69 Å². The van der Waals surface area contributed by atoms with E-state index in [1.807, 2.05) is 24.3 Å². The third-order valence-electron chi connectivity index (χ3n) is 3.05. The van der Waals surface area contributed by atoms with E-state index in [0.29, 0.717) is 12.2 Å². The predicted molar refractivity (Wildman–Crippen MR) is 73.8 cm³/mol. The molecule has 1 aromatic carbocycles. The Morgan fingerprint density at radius 2 is 2.00 bits per heavy atom. The van der Waals surface area contributed by atoms with Crippen molar-refractivity contribution in [2.24, 2.45) is 0 Å². The number of esters is 1. The summed E-state index contributed by atoms with van der Waals surface area (Å²) in [5, 5.41) is 3.40. The molecule has 0 bridgehead atoms. The Hall–Kier alpha value is -2.07. The summed E-state index contributed by atoms with van der Waals surface area (Å²) in [6.07, 6.45) is 0. The fourth-order valence-corrected chi connectivity index (χ4v) is 1.89. The van der Waals surface area contributed by atoms with Crippen molar-refractivity contribution in [2.75, 3.05) is 7.11 Å². The summed E-state index contributed by atoms with van der Waals surface area (Å²) in [5.41, 5.74) is 2.68. The van der Waals surface area contributed by atoms with E-state index >= 15 is 0 Å². The summed E-state index contributed by atoms with van der Waals surface area (Å²) in [5.74, 6) is -0.345.